The summed E-state index contributed by atoms with van der Waals surface area (Å²) in [6, 6.07) is 15.4. The van der Waals surface area contributed by atoms with Gasteiger partial charge in [-0.15, -0.1) is 0 Å². The number of nitrogens with one attached hydrogen (secondary N) is 1. The van der Waals surface area contributed by atoms with E-state index in [4.69, 9.17) is 4.74 Å². The van der Waals surface area contributed by atoms with Crippen LogP contribution in [0.5, 0.6) is 5.88 Å². The molecule has 4 bridgehead atoms. The van der Waals surface area contributed by atoms with Crippen molar-refractivity contribution in [2.24, 2.45) is 23.2 Å². The summed E-state index contributed by atoms with van der Waals surface area (Å²) in [7, 11) is -3.90. The van der Waals surface area contributed by atoms with Gasteiger partial charge in [0.1, 0.15) is 0 Å². The molecule has 1 saturated carbocycles. The molecule has 2 aromatic carbocycles. The lowest BCUT2D eigenvalue weighted by Gasteiger charge is -2.37. The normalized spacial score (nSPS) is 24.1. The molecule has 2 atom stereocenters. The highest BCUT2D eigenvalue weighted by Gasteiger charge is 2.33. The van der Waals surface area contributed by atoms with Crippen molar-refractivity contribution in [3.63, 3.8) is 0 Å². The molecule has 1 fully saturated rings. The van der Waals surface area contributed by atoms with Crippen LogP contribution in [0.2, 0.25) is 0 Å². The number of ether oxygens (including phenoxy) is 1. The molecule has 0 radical (unpaired) electrons. The predicted molar refractivity (Wildman–Crippen MR) is 161 cm³/mol. The molecule has 1 aromatic heterocycles. The number of aromatic nitrogens is 2. The lowest BCUT2D eigenvalue weighted by Crippen LogP contribution is -2.28. The van der Waals surface area contributed by atoms with Crippen molar-refractivity contribution in [3.05, 3.63) is 65.2 Å². The van der Waals surface area contributed by atoms with E-state index in [0.717, 1.165) is 53.4 Å². The SMILES string of the molecule is Cc1cccc(C)c1-c1cc2nc(n1)NS(=O)(=O)c1cccc(c1)C(CCC1CC(C)C1)[C@H](CC(C)(C)C)CO2. The molecular weight excluding hydrogens is 518 g/mol. The molecule has 6 nitrogen and oxygen atoms in total. The minimum Gasteiger partial charge on any atom is -0.477 e. The monoisotopic (exact) mass is 561 g/mol. The Kier molecular flexibility index (Phi) is 7.97. The lowest BCUT2D eigenvalue weighted by molar-refractivity contribution is 0.145. The van der Waals surface area contributed by atoms with Gasteiger partial charge in [0.2, 0.25) is 11.8 Å². The summed E-state index contributed by atoms with van der Waals surface area (Å²) in [5.41, 5.74) is 4.87. The van der Waals surface area contributed by atoms with Crippen LogP contribution in [0.3, 0.4) is 0 Å². The molecule has 0 saturated heterocycles. The first-order valence-corrected chi connectivity index (χ1v) is 16.1. The Morgan fingerprint density at radius 2 is 1.68 bits per heavy atom. The standard InChI is InChI=1S/C33H43N3O3S/c1-21-15-24(16-21)13-14-28-25-11-8-12-27(17-25)40(37,38)36-32-34-29(31-22(2)9-7-10-23(31)3)18-30(35-32)39-20-26(28)19-33(4,5)6/h7-12,17-18,21,24,26,28H,13-16,19-20H2,1-6H3,(H,34,35,36)/t21?,24?,26-,28?/m1/s1. The molecule has 1 aliphatic heterocycles. The number of hydrogen-bond acceptors (Lipinski definition) is 5. The van der Waals surface area contributed by atoms with Gasteiger partial charge in [-0.25, -0.2) is 18.1 Å². The van der Waals surface area contributed by atoms with Crippen LogP contribution < -0.4 is 9.46 Å². The van der Waals surface area contributed by atoms with Gasteiger partial charge in [0.25, 0.3) is 10.0 Å². The Morgan fingerprint density at radius 3 is 2.35 bits per heavy atom. The van der Waals surface area contributed by atoms with Crippen LogP contribution in [0.4, 0.5) is 5.95 Å². The number of nitrogens with zero attached hydrogens (tertiary/aromatic N) is 2. The van der Waals surface area contributed by atoms with Gasteiger partial charge in [-0.05, 0) is 97.9 Å². The highest BCUT2D eigenvalue weighted by atomic mass is 32.2. The number of aryl methyl sites for hydroxylation is 2. The van der Waals surface area contributed by atoms with Gasteiger partial charge in [-0.1, -0.05) is 58.0 Å². The van der Waals surface area contributed by atoms with Crippen LogP contribution in [-0.4, -0.2) is 25.0 Å². The summed E-state index contributed by atoms with van der Waals surface area (Å²) in [6.45, 7) is 13.7. The van der Waals surface area contributed by atoms with E-state index in [1.54, 1.807) is 6.07 Å². The topological polar surface area (TPSA) is 81.2 Å². The summed E-state index contributed by atoms with van der Waals surface area (Å²) in [5.74, 6) is 2.36. The summed E-state index contributed by atoms with van der Waals surface area (Å²) >= 11 is 0. The summed E-state index contributed by atoms with van der Waals surface area (Å²) in [4.78, 5) is 9.41. The van der Waals surface area contributed by atoms with Crippen molar-refractivity contribution in [2.75, 3.05) is 11.3 Å². The first-order valence-electron chi connectivity index (χ1n) is 14.6. The van der Waals surface area contributed by atoms with Gasteiger partial charge < -0.3 is 4.74 Å². The molecule has 1 N–H and O–H groups in total. The van der Waals surface area contributed by atoms with E-state index in [2.05, 4.69) is 48.5 Å². The zero-order valence-electron chi connectivity index (χ0n) is 24.7. The second kappa shape index (κ2) is 11.2. The van der Waals surface area contributed by atoms with Crippen molar-refractivity contribution in [1.82, 2.24) is 9.97 Å². The quantitative estimate of drug-likeness (QED) is 0.342. The van der Waals surface area contributed by atoms with E-state index in [1.165, 1.54) is 12.8 Å². The molecule has 0 amide bonds. The largest absolute Gasteiger partial charge is 0.477 e. The van der Waals surface area contributed by atoms with Crippen LogP contribution in [-0.2, 0) is 10.0 Å². The van der Waals surface area contributed by atoms with Crippen LogP contribution in [0.15, 0.2) is 53.4 Å². The van der Waals surface area contributed by atoms with Crippen molar-refractivity contribution in [2.45, 2.75) is 84.5 Å². The van der Waals surface area contributed by atoms with E-state index in [-0.39, 0.29) is 28.1 Å². The second-order valence-electron chi connectivity index (χ2n) is 13.3. The van der Waals surface area contributed by atoms with Gasteiger partial charge in [0, 0.05) is 17.5 Å². The smallest absolute Gasteiger partial charge is 0.264 e. The number of benzene rings is 2. The Labute approximate surface area is 240 Å². The molecule has 3 aromatic rings. The first kappa shape index (κ1) is 28.6. The zero-order valence-corrected chi connectivity index (χ0v) is 25.5. The minimum atomic E-state index is -3.90. The van der Waals surface area contributed by atoms with Crippen LogP contribution >= 0.6 is 0 Å². The maximum atomic E-state index is 13.6. The van der Waals surface area contributed by atoms with Crippen LogP contribution in [0.25, 0.3) is 11.3 Å². The first-order chi connectivity index (χ1) is 18.9. The molecule has 2 aliphatic rings. The Bertz CT molecular complexity index is 1450. The third-order valence-electron chi connectivity index (χ3n) is 8.51. The average molecular weight is 562 g/mol. The van der Waals surface area contributed by atoms with Crippen LogP contribution in [0.1, 0.15) is 82.4 Å². The maximum absolute atomic E-state index is 13.6. The van der Waals surface area contributed by atoms with Crippen molar-refractivity contribution >= 4 is 16.0 Å². The van der Waals surface area contributed by atoms with E-state index in [1.807, 2.05) is 50.2 Å². The van der Waals surface area contributed by atoms with Crippen molar-refractivity contribution < 1.29 is 13.2 Å². The average Bonchev–Trinajstić information content (AvgIpc) is 2.84. The number of rotatable bonds is 5. The molecular formula is C33H43N3O3S. The number of fused-ring (bicyclic) bond motifs is 4. The Hall–Kier alpha value is -2.93. The predicted octanol–water partition coefficient (Wildman–Crippen LogP) is 7.92. The fourth-order valence-corrected chi connectivity index (χ4v) is 7.67. The summed E-state index contributed by atoms with van der Waals surface area (Å²) in [5, 5.41) is 0. The molecule has 7 heteroatoms. The van der Waals surface area contributed by atoms with E-state index >= 15 is 0 Å². The molecule has 40 heavy (non-hydrogen) atoms. The molecule has 1 aliphatic carbocycles. The number of anilines is 1. The third kappa shape index (κ3) is 6.51. The van der Waals surface area contributed by atoms with Gasteiger partial charge in [0.15, 0.2) is 0 Å². The molecule has 5 rings (SSSR count). The van der Waals surface area contributed by atoms with E-state index in [0.29, 0.717) is 18.2 Å². The van der Waals surface area contributed by atoms with Gasteiger partial charge >= 0.3 is 0 Å². The highest BCUT2D eigenvalue weighted by Crippen LogP contribution is 2.43. The van der Waals surface area contributed by atoms with E-state index < -0.39 is 10.0 Å². The molecule has 214 valence electrons. The lowest BCUT2D eigenvalue weighted by atomic mass is 9.70. The fourth-order valence-electron chi connectivity index (χ4n) is 6.67. The fraction of sp³-hybridized carbons (Fsp3) is 0.515. The number of hydrogen-bond donors (Lipinski definition) is 1. The Balaban J connectivity index is 1.60. The maximum Gasteiger partial charge on any atom is 0.264 e. The van der Waals surface area contributed by atoms with E-state index in [9.17, 15) is 8.42 Å². The van der Waals surface area contributed by atoms with Crippen molar-refractivity contribution in [1.29, 1.82) is 0 Å². The summed E-state index contributed by atoms with van der Waals surface area (Å²) in [6.07, 6.45) is 5.70. The molecule has 1 unspecified atom stereocenters. The summed E-state index contributed by atoms with van der Waals surface area (Å²) < 4.78 is 36.3. The number of sulfonamides is 1. The third-order valence-corrected chi connectivity index (χ3v) is 9.83. The zero-order chi connectivity index (χ0) is 28.7. The molecule has 0 spiro atoms. The highest BCUT2D eigenvalue weighted by molar-refractivity contribution is 7.92. The second-order valence-corrected chi connectivity index (χ2v) is 15.0. The van der Waals surface area contributed by atoms with Crippen LogP contribution in [0, 0.1) is 37.0 Å². The molecule has 2 heterocycles. The Morgan fingerprint density at radius 1 is 0.975 bits per heavy atom. The minimum absolute atomic E-state index is 0.0177. The van der Waals surface area contributed by atoms with Gasteiger partial charge in [0.05, 0.1) is 17.2 Å². The van der Waals surface area contributed by atoms with Crippen molar-refractivity contribution in [3.8, 4) is 17.1 Å². The van der Waals surface area contributed by atoms with Gasteiger partial charge in [-0.2, -0.15) is 4.98 Å². The van der Waals surface area contributed by atoms with Gasteiger partial charge in [-0.3, -0.25) is 0 Å².